The van der Waals surface area contributed by atoms with Crippen molar-refractivity contribution in [3.05, 3.63) is 59.7 Å². The number of nitrogens with zero attached hydrogens (tertiary/aromatic N) is 1. The van der Waals surface area contributed by atoms with Crippen LogP contribution in [0.4, 0.5) is 11.4 Å². The summed E-state index contributed by atoms with van der Waals surface area (Å²) in [4.78, 5) is 27.1. The Morgan fingerprint density at radius 2 is 1.72 bits per heavy atom. The minimum absolute atomic E-state index is 0.0114. The van der Waals surface area contributed by atoms with Crippen LogP contribution < -0.4 is 15.5 Å². The van der Waals surface area contributed by atoms with E-state index >= 15 is 0 Å². The molecule has 0 bridgehead atoms. The molecule has 0 heterocycles. The van der Waals surface area contributed by atoms with E-state index < -0.39 is 0 Å². The summed E-state index contributed by atoms with van der Waals surface area (Å²) in [5.74, 6) is -0.174. The maximum Gasteiger partial charge on any atom is 0.253 e. The van der Waals surface area contributed by atoms with E-state index in [9.17, 15) is 9.59 Å². The molecule has 0 aliphatic heterocycles. The first-order valence-electron chi connectivity index (χ1n) is 10.4. The molecule has 2 amide bonds. The maximum absolute atomic E-state index is 13.0. The minimum atomic E-state index is -0.163. The molecule has 2 rings (SSSR count). The first kappa shape index (κ1) is 22.5. The zero-order chi connectivity index (χ0) is 21.2. The van der Waals surface area contributed by atoms with Crippen LogP contribution in [0.15, 0.2) is 48.5 Å². The fourth-order valence-corrected chi connectivity index (χ4v) is 3.22. The van der Waals surface area contributed by atoms with E-state index in [0.717, 1.165) is 36.9 Å². The molecule has 29 heavy (non-hydrogen) atoms. The van der Waals surface area contributed by atoms with Crippen LogP contribution in [-0.4, -0.2) is 25.9 Å². The Balaban J connectivity index is 2.11. The molecule has 156 valence electrons. The van der Waals surface area contributed by atoms with Crippen LogP contribution in [0, 0.1) is 0 Å². The van der Waals surface area contributed by atoms with Crippen LogP contribution in [-0.2, 0) is 4.79 Å². The Kier molecular flexibility index (Phi) is 8.71. The van der Waals surface area contributed by atoms with Crippen LogP contribution in [0.25, 0.3) is 0 Å². The molecule has 0 saturated heterocycles. The molecule has 5 nitrogen and oxygen atoms in total. The standard InChI is InChI=1S/C24H33N3O2/c1-5-6-7-11-14-23(28)26-20-15-16-22(27(3)4)21(17-20)24(29)25-18(2)19-12-9-8-10-13-19/h8-10,12-13,15-18H,5-7,11,14H2,1-4H3,(H,25,29)(H,26,28)/t18-/m1/s1. The van der Waals surface area contributed by atoms with E-state index in [0.29, 0.717) is 17.7 Å². The number of hydrogen-bond donors (Lipinski definition) is 2. The van der Waals surface area contributed by atoms with Gasteiger partial charge in [-0.15, -0.1) is 0 Å². The van der Waals surface area contributed by atoms with Gasteiger partial charge in [0.25, 0.3) is 5.91 Å². The fourth-order valence-electron chi connectivity index (χ4n) is 3.22. The second-order valence-corrected chi connectivity index (χ2v) is 7.59. The van der Waals surface area contributed by atoms with Crippen molar-refractivity contribution in [2.45, 2.75) is 52.0 Å². The van der Waals surface area contributed by atoms with Crippen molar-refractivity contribution in [3.63, 3.8) is 0 Å². The number of anilines is 2. The topological polar surface area (TPSA) is 61.4 Å². The number of hydrogen-bond acceptors (Lipinski definition) is 3. The summed E-state index contributed by atoms with van der Waals surface area (Å²) < 4.78 is 0. The third-order valence-electron chi connectivity index (χ3n) is 4.91. The summed E-state index contributed by atoms with van der Waals surface area (Å²) >= 11 is 0. The molecule has 0 aliphatic carbocycles. The average molecular weight is 396 g/mol. The predicted molar refractivity (Wildman–Crippen MR) is 120 cm³/mol. The second kappa shape index (κ2) is 11.2. The lowest BCUT2D eigenvalue weighted by Crippen LogP contribution is -2.28. The summed E-state index contributed by atoms with van der Waals surface area (Å²) in [5.41, 5.74) is 3.04. The summed E-state index contributed by atoms with van der Waals surface area (Å²) in [7, 11) is 3.80. The van der Waals surface area contributed by atoms with Gasteiger partial charge in [0.2, 0.25) is 5.91 Å². The fraction of sp³-hybridized carbons (Fsp3) is 0.417. The van der Waals surface area contributed by atoms with Gasteiger partial charge < -0.3 is 15.5 Å². The van der Waals surface area contributed by atoms with Gasteiger partial charge in [0.1, 0.15) is 0 Å². The van der Waals surface area contributed by atoms with Crippen LogP contribution >= 0.6 is 0 Å². The summed E-state index contributed by atoms with van der Waals surface area (Å²) in [6, 6.07) is 15.2. The van der Waals surface area contributed by atoms with Crippen molar-refractivity contribution in [1.29, 1.82) is 0 Å². The highest BCUT2D eigenvalue weighted by Gasteiger charge is 2.17. The molecule has 1 atom stereocenters. The Morgan fingerprint density at radius 1 is 1.00 bits per heavy atom. The summed E-state index contributed by atoms with van der Waals surface area (Å²) in [6.45, 7) is 4.11. The zero-order valence-electron chi connectivity index (χ0n) is 18.0. The highest BCUT2D eigenvalue weighted by atomic mass is 16.2. The van der Waals surface area contributed by atoms with Gasteiger partial charge >= 0.3 is 0 Å². The number of carbonyl (C=O) groups is 2. The molecule has 2 N–H and O–H groups in total. The largest absolute Gasteiger partial charge is 0.377 e. The van der Waals surface area contributed by atoms with Gasteiger partial charge in [0.05, 0.1) is 11.6 Å². The molecule has 5 heteroatoms. The molecule has 0 aliphatic rings. The van der Waals surface area contributed by atoms with E-state index in [1.54, 1.807) is 6.07 Å². The predicted octanol–water partition coefficient (Wildman–Crippen LogP) is 5.15. The van der Waals surface area contributed by atoms with Crippen LogP contribution in [0.1, 0.15) is 67.9 Å². The van der Waals surface area contributed by atoms with E-state index in [1.165, 1.54) is 0 Å². The first-order chi connectivity index (χ1) is 13.9. The number of amides is 2. The van der Waals surface area contributed by atoms with E-state index in [4.69, 9.17) is 0 Å². The van der Waals surface area contributed by atoms with Crippen molar-refractivity contribution >= 4 is 23.2 Å². The number of carbonyl (C=O) groups excluding carboxylic acids is 2. The molecule has 2 aromatic rings. The van der Waals surface area contributed by atoms with Gasteiger partial charge in [-0.1, -0.05) is 56.5 Å². The molecule has 0 fully saturated rings. The SMILES string of the molecule is CCCCCCC(=O)Nc1ccc(N(C)C)c(C(=O)N[C@H](C)c2ccccc2)c1. The Bertz CT molecular complexity index is 803. The Hall–Kier alpha value is -2.82. The molecule has 0 radical (unpaired) electrons. The third-order valence-corrected chi connectivity index (χ3v) is 4.91. The summed E-state index contributed by atoms with van der Waals surface area (Å²) in [5, 5.41) is 5.99. The number of benzene rings is 2. The van der Waals surface area contributed by atoms with Gasteiger partial charge in [0, 0.05) is 31.9 Å². The molecule has 2 aromatic carbocycles. The van der Waals surface area contributed by atoms with E-state index in [-0.39, 0.29) is 17.9 Å². The van der Waals surface area contributed by atoms with Crippen LogP contribution in [0.2, 0.25) is 0 Å². The molecule has 0 aromatic heterocycles. The van der Waals surface area contributed by atoms with Gasteiger partial charge in [0.15, 0.2) is 0 Å². The number of nitrogens with one attached hydrogen (secondary N) is 2. The van der Waals surface area contributed by atoms with Crippen LogP contribution in [0.5, 0.6) is 0 Å². The zero-order valence-corrected chi connectivity index (χ0v) is 18.0. The van der Waals surface area contributed by atoms with E-state index in [1.807, 2.05) is 68.4 Å². The lowest BCUT2D eigenvalue weighted by Gasteiger charge is -2.20. The van der Waals surface area contributed by atoms with Gasteiger partial charge in [-0.25, -0.2) is 0 Å². The Labute approximate surface area is 174 Å². The van der Waals surface area contributed by atoms with Crippen molar-refractivity contribution in [1.82, 2.24) is 5.32 Å². The minimum Gasteiger partial charge on any atom is -0.377 e. The number of unbranched alkanes of at least 4 members (excludes halogenated alkanes) is 3. The first-order valence-corrected chi connectivity index (χ1v) is 10.4. The molecule has 0 saturated carbocycles. The normalized spacial score (nSPS) is 11.6. The smallest absolute Gasteiger partial charge is 0.253 e. The molecule has 0 spiro atoms. The van der Waals surface area contributed by atoms with Gasteiger partial charge in [-0.3, -0.25) is 9.59 Å². The molecular formula is C24H33N3O2. The highest BCUT2D eigenvalue weighted by Crippen LogP contribution is 2.24. The summed E-state index contributed by atoms with van der Waals surface area (Å²) in [6.07, 6.45) is 4.75. The lowest BCUT2D eigenvalue weighted by molar-refractivity contribution is -0.116. The van der Waals surface area contributed by atoms with Crippen LogP contribution in [0.3, 0.4) is 0 Å². The second-order valence-electron chi connectivity index (χ2n) is 7.59. The monoisotopic (exact) mass is 395 g/mol. The van der Waals surface area contributed by atoms with Crippen molar-refractivity contribution < 1.29 is 9.59 Å². The van der Waals surface area contributed by atoms with Crippen molar-refractivity contribution in [2.75, 3.05) is 24.3 Å². The third kappa shape index (κ3) is 6.93. The van der Waals surface area contributed by atoms with E-state index in [2.05, 4.69) is 17.6 Å². The average Bonchev–Trinajstić information content (AvgIpc) is 2.71. The maximum atomic E-state index is 13.0. The number of rotatable bonds is 10. The van der Waals surface area contributed by atoms with Gasteiger partial charge in [-0.2, -0.15) is 0 Å². The lowest BCUT2D eigenvalue weighted by atomic mass is 10.1. The Morgan fingerprint density at radius 3 is 2.38 bits per heavy atom. The van der Waals surface area contributed by atoms with Crippen molar-refractivity contribution in [3.8, 4) is 0 Å². The van der Waals surface area contributed by atoms with Gasteiger partial charge in [-0.05, 0) is 37.1 Å². The molecular weight excluding hydrogens is 362 g/mol. The molecule has 0 unspecified atom stereocenters. The quantitative estimate of drug-likeness (QED) is 0.547. The highest BCUT2D eigenvalue weighted by molar-refractivity contribution is 6.02. The van der Waals surface area contributed by atoms with Crippen molar-refractivity contribution in [2.24, 2.45) is 0 Å².